The number of hydrogen-bond acceptors (Lipinski definition) is 2. The summed E-state index contributed by atoms with van der Waals surface area (Å²) in [6, 6.07) is 6.28. The zero-order valence-corrected chi connectivity index (χ0v) is 11.1. The number of halogens is 2. The molecule has 0 atom stereocenters. The third-order valence-corrected chi connectivity index (χ3v) is 3.01. The number of nitrogens with zero attached hydrogens (tertiary/aromatic N) is 2. The molecule has 0 unspecified atom stereocenters. The van der Waals surface area contributed by atoms with Crippen molar-refractivity contribution in [2.75, 3.05) is 5.32 Å². The SMILES string of the molecule is Cc1cn2cc(C(=O)Nc3ccc(F)cc3F)ccc2n1. The number of carbonyl (C=O) groups excluding carboxylic acids is 1. The van der Waals surface area contributed by atoms with Gasteiger partial charge in [0.15, 0.2) is 0 Å². The highest BCUT2D eigenvalue weighted by Gasteiger charge is 2.11. The molecule has 4 nitrogen and oxygen atoms in total. The van der Waals surface area contributed by atoms with E-state index >= 15 is 0 Å². The number of aromatic nitrogens is 2. The van der Waals surface area contributed by atoms with Crippen LogP contribution in [-0.4, -0.2) is 15.3 Å². The molecule has 0 fully saturated rings. The Balaban J connectivity index is 1.89. The van der Waals surface area contributed by atoms with Crippen molar-refractivity contribution in [2.45, 2.75) is 6.92 Å². The van der Waals surface area contributed by atoms with Gasteiger partial charge in [-0.25, -0.2) is 13.8 Å². The van der Waals surface area contributed by atoms with Gasteiger partial charge < -0.3 is 9.72 Å². The molecule has 2 aromatic heterocycles. The number of pyridine rings is 1. The summed E-state index contributed by atoms with van der Waals surface area (Å²) in [7, 11) is 0. The van der Waals surface area contributed by atoms with Gasteiger partial charge >= 0.3 is 0 Å². The molecule has 0 saturated carbocycles. The second kappa shape index (κ2) is 4.97. The quantitative estimate of drug-likeness (QED) is 0.787. The Morgan fingerprint density at radius 1 is 1.19 bits per heavy atom. The molecule has 0 saturated heterocycles. The Kier molecular flexibility index (Phi) is 3.13. The van der Waals surface area contributed by atoms with Crippen LogP contribution in [0.1, 0.15) is 16.1 Å². The van der Waals surface area contributed by atoms with E-state index in [9.17, 15) is 13.6 Å². The topological polar surface area (TPSA) is 46.4 Å². The average molecular weight is 287 g/mol. The number of nitrogens with one attached hydrogen (secondary N) is 1. The smallest absolute Gasteiger partial charge is 0.257 e. The molecule has 2 heterocycles. The molecule has 1 N–H and O–H groups in total. The van der Waals surface area contributed by atoms with E-state index in [0.717, 1.165) is 23.5 Å². The first-order chi connectivity index (χ1) is 10.0. The van der Waals surface area contributed by atoms with Gasteiger partial charge in [-0.05, 0) is 31.2 Å². The monoisotopic (exact) mass is 287 g/mol. The summed E-state index contributed by atoms with van der Waals surface area (Å²) in [5.74, 6) is -1.99. The second-order valence-corrected chi connectivity index (χ2v) is 4.64. The first kappa shape index (κ1) is 13.2. The third kappa shape index (κ3) is 2.60. The predicted octanol–water partition coefficient (Wildman–Crippen LogP) is 3.17. The van der Waals surface area contributed by atoms with Crippen molar-refractivity contribution in [1.82, 2.24) is 9.38 Å². The third-order valence-electron chi connectivity index (χ3n) is 3.01. The van der Waals surface area contributed by atoms with Gasteiger partial charge in [-0.3, -0.25) is 4.79 Å². The normalized spacial score (nSPS) is 10.8. The van der Waals surface area contributed by atoms with E-state index in [2.05, 4.69) is 10.3 Å². The number of amides is 1. The molecule has 0 spiro atoms. The lowest BCUT2D eigenvalue weighted by atomic mass is 10.2. The fraction of sp³-hybridized carbons (Fsp3) is 0.0667. The number of carbonyl (C=O) groups is 1. The maximum absolute atomic E-state index is 13.5. The van der Waals surface area contributed by atoms with Gasteiger partial charge in [0, 0.05) is 18.5 Å². The zero-order valence-electron chi connectivity index (χ0n) is 11.1. The van der Waals surface area contributed by atoms with Gasteiger partial charge in [0.05, 0.1) is 16.9 Å². The fourth-order valence-corrected chi connectivity index (χ4v) is 2.04. The average Bonchev–Trinajstić information content (AvgIpc) is 2.80. The Morgan fingerprint density at radius 3 is 2.76 bits per heavy atom. The Hall–Kier alpha value is -2.76. The van der Waals surface area contributed by atoms with Gasteiger partial charge in [0.1, 0.15) is 17.3 Å². The Labute approximate surface area is 119 Å². The first-order valence-electron chi connectivity index (χ1n) is 6.25. The molecule has 21 heavy (non-hydrogen) atoms. The van der Waals surface area contributed by atoms with E-state index < -0.39 is 17.5 Å². The molecule has 6 heteroatoms. The number of fused-ring (bicyclic) bond motifs is 1. The number of aryl methyl sites for hydroxylation is 1. The minimum absolute atomic E-state index is 0.0664. The highest BCUT2D eigenvalue weighted by molar-refractivity contribution is 6.04. The minimum Gasteiger partial charge on any atom is -0.319 e. The summed E-state index contributed by atoms with van der Waals surface area (Å²) in [5.41, 5.74) is 1.83. The molecular weight excluding hydrogens is 276 g/mol. The van der Waals surface area contributed by atoms with E-state index in [1.165, 1.54) is 6.07 Å². The molecule has 1 aromatic carbocycles. The summed E-state index contributed by atoms with van der Waals surface area (Å²) in [5, 5.41) is 2.41. The molecule has 3 aromatic rings. The predicted molar refractivity (Wildman–Crippen MR) is 74.2 cm³/mol. The van der Waals surface area contributed by atoms with Crippen LogP contribution in [0.15, 0.2) is 42.7 Å². The lowest BCUT2D eigenvalue weighted by Gasteiger charge is -2.06. The van der Waals surface area contributed by atoms with Crippen LogP contribution >= 0.6 is 0 Å². The molecule has 1 amide bonds. The largest absolute Gasteiger partial charge is 0.319 e. The van der Waals surface area contributed by atoms with Crippen molar-refractivity contribution >= 4 is 17.2 Å². The highest BCUT2D eigenvalue weighted by atomic mass is 19.1. The molecule has 0 bridgehead atoms. The molecule has 0 radical (unpaired) electrons. The van der Waals surface area contributed by atoms with Crippen LogP contribution in [0.4, 0.5) is 14.5 Å². The second-order valence-electron chi connectivity index (χ2n) is 4.64. The van der Waals surface area contributed by atoms with Crippen molar-refractivity contribution in [3.63, 3.8) is 0 Å². The number of anilines is 1. The van der Waals surface area contributed by atoms with E-state index in [0.29, 0.717) is 5.56 Å². The molecule has 3 rings (SSSR count). The standard InChI is InChI=1S/C15H11F2N3O/c1-9-7-20-8-10(2-5-14(20)18-9)15(21)19-13-4-3-11(16)6-12(13)17/h2-8H,1H3,(H,19,21). The van der Waals surface area contributed by atoms with Crippen LogP contribution in [0.3, 0.4) is 0 Å². The highest BCUT2D eigenvalue weighted by Crippen LogP contribution is 2.16. The maximum Gasteiger partial charge on any atom is 0.257 e. The van der Waals surface area contributed by atoms with Crippen molar-refractivity contribution < 1.29 is 13.6 Å². The van der Waals surface area contributed by atoms with Gasteiger partial charge in [-0.2, -0.15) is 0 Å². The van der Waals surface area contributed by atoms with Crippen LogP contribution < -0.4 is 5.32 Å². The van der Waals surface area contributed by atoms with Gasteiger partial charge in [0.2, 0.25) is 0 Å². The van der Waals surface area contributed by atoms with E-state index in [1.807, 2.05) is 6.92 Å². The van der Waals surface area contributed by atoms with Gasteiger partial charge in [-0.15, -0.1) is 0 Å². The summed E-state index contributed by atoms with van der Waals surface area (Å²) >= 11 is 0. The number of imidazole rings is 1. The molecule has 0 aliphatic heterocycles. The summed E-state index contributed by atoms with van der Waals surface area (Å²) in [6.45, 7) is 1.85. The fourth-order valence-electron chi connectivity index (χ4n) is 2.04. The van der Waals surface area contributed by atoms with Crippen LogP contribution in [0.2, 0.25) is 0 Å². The van der Waals surface area contributed by atoms with Crippen LogP contribution in [0.5, 0.6) is 0 Å². The molecular formula is C15H11F2N3O. The van der Waals surface area contributed by atoms with Gasteiger partial charge in [0.25, 0.3) is 5.91 Å². The lowest BCUT2D eigenvalue weighted by Crippen LogP contribution is -2.13. The summed E-state index contributed by atoms with van der Waals surface area (Å²) in [6.07, 6.45) is 3.39. The number of benzene rings is 1. The van der Waals surface area contributed by atoms with E-state index in [-0.39, 0.29) is 5.69 Å². The van der Waals surface area contributed by atoms with E-state index in [4.69, 9.17) is 0 Å². The van der Waals surface area contributed by atoms with Crippen molar-refractivity contribution in [3.8, 4) is 0 Å². The Bertz CT molecular complexity index is 842. The van der Waals surface area contributed by atoms with Crippen molar-refractivity contribution in [2.24, 2.45) is 0 Å². The molecule has 0 aliphatic rings. The maximum atomic E-state index is 13.5. The van der Waals surface area contributed by atoms with E-state index in [1.54, 1.807) is 28.9 Å². The Morgan fingerprint density at radius 2 is 2.00 bits per heavy atom. The van der Waals surface area contributed by atoms with Gasteiger partial charge in [-0.1, -0.05) is 0 Å². The van der Waals surface area contributed by atoms with Crippen molar-refractivity contribution in [1.29, 1.82) is 0 Å². The number of hydrogen-bond donors (Lipinski definition) is 1. The first-order valence-corrected chi connectivity index (χ1v) is 6.25. The van der Waals surface area contributed by atoms with Crippen LogP contribution in [-0.2, 0) is 0 Å². The number of rotatable bonds is 2. The zero-order chi connectivity index (χ0) is 15.0. The van der Waals surface area contributed by atoms with Crippen LogP contribution in [0, 0.1) is 18.6 Å². The summed E-state index contributed by atoms with van der Waals surface area (Å²) in [4.78, 5) is 16.3. The van der Waals surface area contributed by atoms with Crippen LogP contribution in [0.25, 0.3) is 5.65 Å². The molecule has 0 aliphatic carbocycles. The lowest BCUT2D eigenvalue weighted by molar-refractivity contribution is 0.102. The van der Waals surface area contributed by atoms with Crippen molar-refractivity contribution in [3.05, 3.63) is 65.6 Å². The summed E-state index contributed by atoms with van der Waals surface area (Å²) < 4.78 is 28.0. The molecule has 106 valence electrons. The minimum atomic E-state index is -0.817.